The lowest BCUT2D eigenvalue weighted by atomic mass is 9.84. The molecule has 2 aliphatic rings. The Morgan fingerprint density at radius 1 is 0.812 bits per heavy atom. The highest BCUT2D eigenvalue weighted by Gasteiger charge is 2.36. The highest BCUT2D eigenvalue weighted by atomic mass is 16.2. The highest BCUT2D eigenvalue weighted by Crippen LogP contribution is 2.29. The summed E-state index contributed by atoms with van der Waals surface area (Å²) >= 11 is 0. The van der Waals surface area contributed by atoms with Gasteiger partial charge in [0.15, 0.2) is 0 Å². The third-order valence-corrected chi connectivity index (χ3v) is 9.24. The number of benzene rings is 2. The Labute approximate surface area is 282 Å². The molecular formula is C36H48N6O6. The summed E-state index contributed by atoms with van der Waals surface area (Å²) in [5.74, 6) is -3.41. The lowest BCUT2D eigenvalue weighted by Crippen LogP contribution is -2.60. The van der Waals surface area contributed by atoms with Crippen LogP contribution in [0, 0.1) is 11.8 Å². The topological polar surface area (TPSA) is 157 Å². The third-order valence-electron chi connectivity index (χ3n) is 9.24. The maximum Gasteiger partial charge on any atom is 0.245 e. The summed E-state index contributed by atoms with van der Waals surface area (Å²) in [4.78, 5) is 84.5. The van der Waals surface area contributed by atoms with Crippen LogP contribution in [0.4, 0.5) is 0 Å². The zero-order valence-electron chi connectivity index (χ0n) is 28.4. The van der Waals surface area contributed by atoms with Crippen LogP contribution in [0.5, 0.6) is 0 Å². The van der Waals surface area contributed by atoms with Crippen LogP contribution in [0.15, 0.2) is 60.7 Å². The van der Waals surface area contributed by atoms with E-state index in [2.05, 4.69) is 21.3 Å². The molecule has 48 heavy (non-hydrogen) atoms. The number of nitrogens with one attached hydrogen (secondary N) is 4. The molecule has 6 amide bonds. The standard InChI is InChI=1S/C36H48N6O6/c1-22(2)31-34(46)37-23(3)32(44)39-29(26-15-10-7-11-16-26)20-42(35(47)27-17-12-18-27)21-30(43)38-28(19-25-13-8-6-9-14-25)36(48)41(5)24(4)33(45)40-31/h6-11,13-16,22-24,27-29,31H,12,17-21H2,1-5H3,(H,37,46)(H,38,43)(H,39,44)(H,40,45)/t23-,24-,28-,29-,31+/m0/s1. The molecule has 258 valence electrons. The van der Waals surface area contributed by atoms with Gasteiger partial charge in [0.25, 0.3) is 0 Å². The summed E-state index contributed by atoms with van der Waals surface area (Å²) in [6, 6.07) is 13.6. The van der Waals surface area contributed by atoms with Crippen molar-refractivity contribution in [1.82, 2.24) is 31.1 Å². The first-order chi connectivity index (χ1) is 22.8. The van der Waals surface area contributed by atoms with E-state index in [1.807, 2.05) is 60.7 Å². The third kappa shape index (κ3) is 9.20. The molecule has 1 saturated carbocycles. The van der Waals surface area contributed by atoms with Gasteiger partial charge < -0.3 is 31.1 Å². The summed E-state index contributed by atoms with van der Waals surface area (Å²) in [5.41, 5.74) is 1.51. The molecule has 2 aromatic rings. The van der Waals surface area contributed by atoms with Crippen LogP contribution in [0.1, 0.15) is 64.1 Å². The molecular weight excluding hydrogens is 612 g/mol. The molecule has 0 spiro atoms. The van der Waals surface area contributed by atoms with Crippen LogP contribution < -0.4 is 21.3 Å². The number of carbonyl (C=O) groups excluding carboxylic acids is 6. The van der Waals surface area contributed by atoms with Crippen molar-refractivity contribution in [3.05, 3.63) is 71.8 Å². The normalized spacial score (nSPS) is 25.6. The lowest BCUT2D eigenvalue weighted by molar-refractivity contribution is -0.144. The number of amides is 6. The second-order valence-corrected chi connectivity index (χ2v) is 13.2. The molecule has 2 fully saturated rings. The van der Waals surface area contributed by atoms with Crippen molar-refractivity contribution < 1.29 is 28.8 Å². The minimum absolute atomic E-state index is 0.00190. The van der Waals surface area contributed by atoms with Gasteiger partial charge in [-0.1, -0.05) is 80.9 Å². The van der Waals surface area contributed by atoms with Crippen LogP contribution in [0.25, 0.3) is 0 Å². The molecule has 5 atom stereocenters. The SMILES string of the molecule is CC(C)[C@H]1NC(=O)[C@H](C)N(C)C(=O)[C@H](Cc2ccccc2)NC(=O)CN(C(=O)C2CCC2)C[C@@H](c2ccccc2)NC(=O)[C@H](C)NC1=O. The molecule has 4 N–H and O–H groups in total. The Morgan fingerprint density at radius 2 is 1.44 bits per heavy atom. The predicted molar refractivity (Wildman–Crippen MR) is 180 cm³/mol. The first kappa shape index (κ1) is 36.1. The van der Waals surface area contributed by atoms with Crippen molar-refractivity contribution in [1.29, 1.82) is 0 Å². The number of rotatable bonds is 5. The molecule has 12 nitrogen and oxygen atoms in total. The average molecular weight is 661 g/mol. The van der Waals surface area contributed by atoms with Crippen LogP contribution in [0.2, 0.25) is 0 Å². The Morgan fingerprint density at radius 3 is 2.02 bits per heavy atom. The zero-order chi connectivity index (χ0) is 35.0. The maximum absolute atomic E-state index is 13.9. The fraction of sp³-hybridized carbons (Fsp3) is 0.500. The maximum atomic E-state index is 13.9. The number of likely N-dealkylation sites (N-methyl/N-ethyl adjacent to an activating group) is 1. The van der Waals surface area contributed by atoms with Gasteiger partial charge in [0, 0.05) is 25.9 Å². The first-order valence-electron chi connectivity index (χ1n) is 16.7. The summed E-state index contributed by atoms with van der Waals surface area (Å²) in [6.07, 6.45) is 2.48. The van der Waals surface area contributed by atoms with E-state index in [-0.39, 0.29) is 37.3 Å². The molecule has 1 aliphatic carbocycles. The van der Waals surface area contributed by atoms with E-state index in [1.54, 1.807) is 27.7 Å². The van der Waals surface area contributed by atoms with E-state index in [1.165, 1.54) is 16.8 Å². The van der Waals surface area contributed by atoms with Crippen LogP contribution in [-0.4, -0.2) is 89.5 Å². The molecule has 1 heterocycles. The van der Waals surface area contributed by atoms with Gasteiger partial charge in [-0.05, 0) is 43.7 Å². The van der Waals surface area contributed by atoms with Gasteiger partial charge in [-0.15, -0.1) is 0 Å². The molecule has 4 rings (SSSR count). The Balaban J connectivity index is 1.73. The molecule has 0 aromatic heterocycles. The van der Waals surface area contributed by atoms with Gasteiger partial charge in [-0.3, -0.25) is 28.8 Å². The molecule has 1 aliphatic heterocycles. The van der Waals surface area contributed by atoms with E-state index in [0.29, 0.717) is 18.4 Å². The van der Waals surface area contributed by atoms with Crippen LogP contribution in [0.3, 0.4) is 0 Å². The quantitative estimate of drug-likeness (QED) is 0.383. The van der Waals surface area contributed by atoms with Crippen LogP contribution in [-0.2, 0) is 35.2 Å². The molecule has 0 radical (unpaired) electrons. The van der Waals surface area contributed by atoms with Crippen molar-refractivity contribution in [3.63, 3.8) is 0 Å². The summed E-state index contributed by atoms with van der Waals surface area (Å²) < 4.78 is 0. The van der Waals surface area contributed by atoms with Gasteiger partial charge in [0.05, 0.1) is 12.6 Å². The smallest absolute Gasteiger partial charge is 0.245 e. The van der Waals surface area contributed by atoms with Gasteiger partial charge in [0.1, 0.15) is 24.2 Å². The van der Waals surface area contributed by atoms with Crippen LogP contribution >= 0.6 is 0 Å². The minimum Gasteiger partial charge on any atom is -0.346 e. The van der Waals surface area contributed by atoms with E-state index in [9.17, 15) is 28.8 Å². The number of hydrogen-bond acceptors (Lipinski definition) is 6. The van der Waals surface area contributed by atoms with E-state index >= 15 is 0 Å². The highest BCUT2D eigenvalue weighted by molar-refractivity contribution is 5.96. The monoisotopic (exact) mass is 660 g/mol. The van der Waals surface area contributed by atoms with Crippen molar-refractivity contribution in [2.45, 2.75) is 83.6 Å². The minimum atomic E-state index is -1.05. The van der Waals surface area contributed by atoms with Crippen molar-refractivity contribution in [2.24, 2.45) is 11.8 Å². The average Bonchev–Trinajstić information content (AvgIpc) is 3.04. The summed E-state index contributed by atoms with van der Waals surface area (Å²) in [6.45, 7) is 6.28. The number of nitrogens with zero attached hydrogens (tertiary/aromatic N) is 2. The fourth-order valence-electron chi connectivity index (χ4n) is 5.84. The van der Waals surface area contributed by atoms with E-state index < -0.39 is 59.7 Å². The Kier molecular flexibility index (Phi) is 12.3. The van der Waals surface area contributed by atoms with Gasteiger partial charge in [0.2, 0.25) is 35.4 Å². The second kappa shape index (κ2) is 16.4. The largest absolute Gasteiger partial charge is 0.346 e. The van der Waals surface area contributed by atoms with Crippen molar-refractivity contribution >= 4 is 35.4 Å². The zero-order valence-corrected chi connectivity index (χ0v) is 28.4. The Bertz CT molecular complexity index is 1460. The number of carbonyl (C=O) groups is 6. The fourth-order valence-corrected chi connectivity index (χ4v) is 5.84. The van der Waals surface area contributed by atoms with Gasteiger partial charge >= 0.3 is 0 Å². The Hall–Kier alpha value is -4.74. The second-order valence-electron chi connectivity index (χ2n) is 13.2. The predicted octanol–water partition coefficient (Wildman–Crippen LogP) is 1.71. The first-order valence-corrected chi connectivity index (χ1v) is 16.7. The lowest BCUT2D eigenvalue weighted by Gasteiger charge is -2.35. The van der Waals surface area contributed by atoms with E-state index in [4.69, 9.17) is 0 Å². The van der Waals surface area contributed by atoms with Crippen molar-refractivity contribution in [2.75, 3.05) is 20.1 Å². The number of hydrogen-bond donors (Lipinski definition) is 4. The molecule has 1 saturated heterocycles. The van der Waals surface area contributed by atoms with Gasteiger partial charge in [-0.2, -0.15) is 0 Å². The molecule has 12 heteroatoms. The van der Waals surface area contributed by atoms with E-state index in [0.717, 1.165) is 12.0 Å². The summed E-state index contributed by atoms with van der Waals surface area (Å²) in [7, 11) is 1.48. The summed E-state index contributed by atoms with van der Waals surface area (Å²) in [5, 5.41) is 11.3. The molecule has 2 aromatic carbocycles. The van der Waals surface area contributed by atoms with Gasteiger partial charge in [-0.25, -0.2) is 0 Å². The molecule has 0 unspecified atom stereocenters. The van der Waals surface area contributed by atoms with Crippen molar-refractivity contribution in [3.8, 4) is 0 Å². The molecule has 0 bridgehead atoms.